The van der Waals surface area contributed by atoms with Gasteiger partial charge in [-0.2, -0.15) is 0 Å². The highest BCUT2D eigenvalue weighted by atomic mass is 16.6. The third-order valence-electron chi connectivity index (χ3n) is 9.00. The van der Waals surface area contributed by atoms with Crippen molar-refractivity contribution in [1.82, 2.24) is 0 Å². The van der Waals surface area contributed by atoms with Crippen LogP contribution in [0.5, 0.6) is 0 Å². The van der Waals surface area contributed by atoms with Crippen molar-refractivity contribution in [3.05, 3.63) is 109 Å². The molecule has 0 amide bonds. The smallest absolute Gasteiger partial charge is 0.306 e. The van der Waals surface area contributed by atoms with Gasteiger partial charge in [-0.25, -0.2) is 0 Å². The molecule has 0 saturated carbocycles. The number of carbonyl (C=O) groups excluding carboxylic acids is 3. The molecule has 0 N–H and O–H groups in total. The molecule has 6 nitrogen and oxygen atoms in total. The molecule has 0 fully saturated rings. The van der Waals surface area contributed by atoms with E-state index in [-0.39, 0.29) is 31.1 Å². The molecule has 0 aromatic rings. The van der Waals surface area contributed by atoms with Gasteiger partial charge in [0.2, 0.25) is 0 Å². The minimum absolute atomic E-state index is 0.114. The second-order valence-corrected chi connectivity index (χ2v) is 14.5. The Balaban J connectivity index is 4.45. The second kappa shape index (κ2) is 45.8. The van der Waals surface area contributed by atoms with E-state index < -0.39 is 6.10 Å². The van der Waals surface area contributed by atoms with E-state index in [1.807, 2.05) is 0 Å². The first-order valence-electron chi connectivity index (χ1n) is 22.9. The first kappa shape index (κ1) is 54.1. The average Bonchev–Trinajstić information content (AvgIpc) is 3.22. The molecule has 0 aromatic heterocycles. The molecular weight excluding hydrogens is 721 g/mol. The van der Waals surface area contributed by atoms with Crippen molar-refractivity contribution in [2.75, 3.05) is 13.2 Å². The number of hydrogen-bond acceptors (Lipinski definition) is 6. The SMILES string of the molecule is CC/C=C\C/C=C\C/C=C\C/C=C\C/C=C\CCCCCC(=O)OCC(COC(=O)CCCC/C=C\C/C=C\CC)OC(=O)CCCCCCC/C=C\C/C=C\CC. The summed E-state index contributed by atoms with van der Waals surface area (Å²) < 4.78 is 16.6. The molecule has 0 aliphatic heterocycles. The van der Waals surface area contributed by atoms with Gasteiger partial charge in [-0.15, -0.1) is 0 Å². The molecule has 1 atom stereocenters. The first-order chi connectivity index (χ1) is 28.5. The van der Waals surface area contributed by atoms with Gasteiger partial charge in [-0.05, 0) is 116 Å². The molecule has 0 aromatic carbocycles. The number of rotatable bonds is 39. The van der Waals surface area contributed by atoms with Crippen LogP contribution in [-0.4, -0.2) is 37.2 Å². The van der Waals surface area contributed by atoms with E-state index >= 15 is 0 Å². The maximum Gasteiger partial charge on any atom is 0.306 e. The lowest BCUT2D eigenvalue weighted by Crippen LogP contribution is -2.30. The fraction of sp³-hybridized carbons (Fsp3) is 0.596. The fourth-order valence-corrected chi connectivity index (χ4v) is 5.66. The van der Waals surface area contributed by atoms with Crippen LogP contribution < -0.4 is 0 Å². The van der Waals surface area contributed by atoms with Gasteiger partial charge in [0.25, 0.3) is 0 Å². The molecule has 0 radical (unpaired) electrons. The zero-order valence-corrected chi connectivity index (χ0v) is 37.0. The molecule has 326 valence electrons. The molecule has 58 heavy (non-hydrogen) atoms. The number of allylic oxidation sites excluding steroid dienone is 18. The fourth-order valence-electron chi connectivity index (χ4n) is 5.66. The van der Waals surface area contributed by atoms with Crippen molar-refractivity contribution in [3.63, 3.8) is 0 Å². The van der Waals surface area contributed by atoms with E-state index in [4.69, 9.17) is 14.2 Å². The normalized spacial score (nSPS) is 13.1. The van der Waals surface area contributed by atoms with Crippen LogP contribution in [0.3, 0.4) is 0 Å². The lowest BCUT2D eigenvalue weighted by molar-refractivity contribution is -0.167. The lowest BCUT2D eigenvalue weighted by atomic mass is 10.1. The van der Waals surface area contributed by atoms with Crippen molar-refractivity contribution in [2.24, 2.45) is 0 Å². The van der Waals surface area contributed by atoms with Gasteiger partial charge in [-0.3, -0.25) is 14.4 Å². The summed E-state index contributed by atoms with van der Waals surface area (Å²) >= 11 is 0. The van der Waals surface area contributed by atoms with Crippen molar-refractivity contribution >= 4 is 17.9 Å². The minimum Gasteiger partial charge on any atom is -0.462 e. The summed E-state index contributed by atoms with van der Waals surface area (Å²) in [6.45, 7) is 6.18. The first-order valence-corrected chi connectivity index (χ1v) is 22.9. The Morgan fingerprint density at radius 2 is 0.621 bits per heavy atom. The Morgan fingerprint density at radius 3 is 1.02 bits per heavy atom. The number of unbranched alkanes of at least 4 members (excludes halogenated alkanes) is 10. The molecule has 1 unspecified atom stereocenters. The molecule has 0 heterocycles. The van der Waals surface area contributed by atoms with Crippen LogP contribution in [0.15, 0.2) is 109 Å². The Morgan fingerprint density at radius 1 is 0.345 bits per heavy atom. The van der Waals surface area contributed by atoms with E-state index in [0.29, 0.717) is 19.3 Å². The van der Waals surface area contributed by atoms with Crippen LogP contribution in [-0.2, 0) is 28.6 Å². The molecular formula is C52H82O6. The van der Waals surface area contributed by atoms with Crippen molar-refractivity contribution in [3.8, 4) is 0 Å². The van der Waals surface area contributed by atoms with Crippen LogP contribution >= 0.6 is 0 Å². The Bertz CT molecular complexity index is 1240. The summed E-state index contributed by atoms with van der Waals surface area (Å²) in [4.78, 5) is 37.7. The molecule has 6 heteroatoms. The Labute approximate surface area is 355 Å². The minimum atomic E-state index is -0.811. The molecule has 0 spiro atoms. The number of esters is 3. The number of ether oxygens (including phenoxy) is 3. The number of hydrogen-bond donors (Lipinski definition) is 0. The van der Waals surface area contributed by atoms with Gasteiger partial charge in [0.1, 0.15) is 13.2 Å². The lowest BCUT2D eigenvalue weighted by Gasteiger charge is -2.18. The topological polar surface area (TPSA) is 78.9 Å². The third kappa shape index (κ3) is 43.2. The van der Waals surface area contributed by atoms with E-state index in [1.54, 1.807) is 0 Å². The average molecular weight is 803 g/mol. The molecule has 0 aliphatic rings. The maximum absolute atomic E-state index is 12.7. The van der Waals surface area contributed by atoms with Crippen LogP contribution in [0, 0.1) is 0 Å². The van der Waals surface area contributed by atoms with Crippen molar-refractivity contribution in [1.29, 1.82) is 0 Å². The van der Waals surface area contributed by atoms with Gasteiger partial charge in [0.15, 0.2) is 6.10 Å². The molecule has 0 rings (SSSR count). The van der Waals surface area contributed by atoms with Crippen molar-refractivity contribution in [2.45, 2.75) is 187 Å². The predicted octanol–water partition coefficient (Wildman–Crippen LogP) is 14.8. The summed E-state index contributed by atoms with van der Waals surface area (Å²) in [6, 6.07) is 0. The van der Waals surface area contributed by atoms with Gasteiger partial charge in [0, 0.05) is 19.3 Å². The van der Waals surface area contributed by atoms with E-state index in [9.17, 15) is 14.4 Å². The second-order valence-electron chi connectivity index (χ2n) is 14.5. The largest absolute Gasteiger partial charge is 0.462 e. The number of carbonyl (C=O) groups is 3. The quantitative estimate of drug-likeness (QED) is 0.0267. The molecule has 0 saturated heterocycles. The zero-order valence-electron chi connectivity index (χ0n) is 37.0. The molecule has 0 bridgehead atoms. The Hall–Kier alpha value is -3.93. The Kier molecular flexibility index (Phi) is 42.7. The highest BCUT2D eigenvalue weighted by molar-refractivity contribution is 5.71. The monoisotopic (exact) mass is 803 g/mol. The van der Waals surface area contributed by atoms with Crippen LogP contribution in [0.25, 0.3) is 0 Å². The van der Waals surface area contributed by atoms with E-state index in [2.05, 4.69) is 130 Å². The van der Waals surface area contributed by atoms with Crippen molar-refractivity contribution < 1.29 is 28.6 Å². The van der Waals surface area contributed by atoms with Gasteiger partial charge < -0.3 is 14.2 Å². The standard InChI is InChI=1S/C52H82O6/c1-4-7-10-13-16-19-21-23-24-25-26-27-28-29-31-33-36-39-42-45-51(54)57-48-49(47-56-50(53)44-41-38-35-32-18-15-12-9-6-3)58-52(55)46-43-40-37-34-30-22-20-17-14-11-8-5-2/h7-12,16-20,23-24,26-27,29,31-32,49H,4-6,13-15,21-22,25,28,30,33-48H2,1-3H3/b10-7-,11-8-,12-9-,19-16-,20-17-,24-23-,27-26-,31-29-,32-18-. The van der Waals surface area contributed by atoms with Gasteiger partial charge >= 0.3 is 17.9 Å². The van der Waals surface area contributed by atoms with Gasteiger partial charge in [-0.1, -0.05) is 156 Å². The summed E-state index contributed by atoms with van der Waals surface area (Å²) in [5.74, 6) is -1.01. The summed E-state index contributed by atoms with van der Waals surface area (Å²) in [5, 5.41) is 0. The van der Waals surface area contributed by atoms with Crippen LogP contribution in [0.2, 0.25) is 0 Å². The van der Waals surface area contributed by atoms with Crippen LogP contribution in [0.4, 0.5) is 0 Å². The molecule has 0 aliphatic carbocycles. The highest BCUT2D eigenvalue weighted by Crippen LogP contribution is 2.11. The summed E-state index contributed by atoms with van der Waals surface area (Å²) in [5.41, 5.74) is 0. The summed E-state index contributed by atoms with van der Waals surface area (Å²) in [7, 11) is 0. The summed E-state index contributed by atoms with van der Waals surface area (Å²) in [6.07, 6.45) is 60.9. The van der Waals surface area contributed by atoms with Gasteiger partial charge in [0.05, 0.1) is 0 Å². The predicted molar refractivity (Wildman–Crippen MR) is 247 cm³/mol. The maximum atomic E-state index is 12.7. The third-order valence-corrected chi connectivity index (χ3v) is 9.00. The van der Waals surface area contributed by atoms with E-state index in [1.165, 1.54) is 0 Å². The highest BCUT2D eigenvalue weighted by Gasteiger charge is 2.19. The zero-order chi connectivity index (χ0) is 42.3. The van der Waals surface area contributed by atoms with E-state index in [0.717, 1.165) is 141 Å². The van der Waals surface area contributed by atoms with Crippen LogP contribution in [0.1, 0.15) is 181 Å².